The molecular weight excluding hydrogens is 598 g/mol. The van der Waals surface area contributed by atoms with Crippen molar-refractivity contribution in [2.24, 2.45) is 0 Å². The van der Waals surface area contributed by atoms with Crippen LogP contribution in [0.1, 0.15) is 27.7 Å². The molecule has 0 saturated carbocycles. The van der Waals surface area contributed by atoms with Crippen molar-refractivity contribution in [1.29, 1.82) is 0 Å². The van der Waals surface area contributed by atoms with Crippen LogP contribution in [0.25, 0.3) is 11.1 Å². The minimum Gasteiger partial charge on any atom is -0.493 e. The van der Waals surface area contributed by atoms with Crippen LogP contribution < -0.4 is 29.7 Å². The van der Waals surface area contributed by atoms with E-state index in [-0.39, 0.29) is 12.5 Å². The highest BCUT2D eigenvalue weighted by molar-refractivity contribution is 6.12. The Balaban J connectivity index is 1.01. The van der Waals surface area contributed by atoms with E-state index in [0.29, 0.717) is 47.6 Å². The summed E-state index contributed by atoms with van der Waals surface area (Å²) < 4.78 is 28.3. The van der Waals surface area contributed by atoms with Gasteiger partial charge in [-0.25, -0.2) is 0 Å². The molecular formula is C36H35N5O6. The maximum atomic E-state index is 13.3. The van der Waals surface area contributed by atoms with Gasteiger partial charge in [0.15, 0.2) is 18.1 Å². The van der Waals surface area contributed by atoms with Gasteiger partial charge in [0.1, 0.15) is 5.75 Å². The first-order valence-electron chi connectivity index (χ1n) is 15.5. The van der Waals surface area contributed by atoms with Gasteiger partial charge in [-0.3, -0.25) is 4.79 Å². The van der Waals surface area contributed by atoms with Crippen molar-refractivity contribution in [2.75, 3.05) is 55.6 Å². The third-order valence-electron chi connectivity index (χ3n) is 8.15. The molecule has 0 radical (unpaired) electrons. The summed E-state index contributed by atoms with van der Waals surface area (Å²) in [6, 6.07) is 25.6. The average Bonchev–Trinajstić information content (AvgIpc) is 3.47. The number of hydrogen-bond donors (Lipinski definition) is 2. The molecule has 4 aromatic carbocycles. The molecule has 2 aliphatic rings. The fourth-order valence-corrected chi connectivity index (χ4v) is 5.68. The topological polar surface area (TPSA) is 120 Å². The number of anilines is 4. The van der Waals surface area contributed by atoms with E-state index in [4.69, 9.17) is 23.4 Å². The van der Waals surface area contributed by atoms with Gasteiger partial charge < -0.3 is 38.9 Å². The van der Waals surface area contributed by atoms with Crippen molar-refractivity contribution in [3.63, 3.8) is 0 Å². The minimum absolute atomic E-state index is 0.131. The summed E-state index contributed by atoms with van der Waals surface area (Å²) in [5, 5.41) is 14.3. The summed E-state index contributed by atoms with van der Waals surface area (Å²) in [5.41, 5.74) is 6.86. The number of carbonyl (C=O) groups excluding carboxylic acids is 1. The summed E-state index contributed by atoms with van der Waals surface area (Å²) in [7, 11) is 1.59. The Hall–Kier alpha value is -5.55. The molecule has 0 atom stereocenters. The maximum absolute atomic E-state index is 13.3. The number of morpholine rings is 1. The number of nitrogens with one attached hydrogen (secondary N) is 2. The molecule has 2 N–H and O–H groups in total. The van der Waals surface area contributed by atoms with E-state index in [9.17, 15) is 4.79 Å². The van der Waals surface area contributed by atoms with Crippen LogP contribution in [0.4, 0.5) is 22.7 Å². The van der Waals surface area contributed by atoms with Gasteiger partial charge >= 0.3 is 0 Å². The number of carbonyl (C=O) groups is 1. The quantitative estimate of drug-likeness (QED) is 0.179. The second-order valence-corrected chi connectivity index (χ2v) is 11.3. The average molecular weight is 634 g/mol. The molecule has 11 heteroatoms. The van der Waals surface area contributed by atoms with Crippen molar-refractivity contribution < 1.29 is 28.2 Å². The third kappa shape index (κ3) is 6.85. The van der Waals surface area contributed by atoms with Gasteiger partial charge in [-0.15, -0.1) is 10.2 Å². The van der Waals surface area contributed by atoms with Gasteiger partial charge in [0.25, 0.3) is 11.8 Å². The second-order valence-electron chi connectivity index (χ2n) is 11.3. The van der Waals surface area contributed by atoms with E-state index in [2.05, 4.69) is 43.9 Å². The number of hydrogen-bond acceptors (Lipinski definition) is 10. The first kappa shape index (κ1) is 30.1. The Labute approximate surface area is 272 Å². The van der Waals surface area contributed by atoms with E-state index in [0.717, 1.165) is 60.1 Å². The number of aryl methyl sites for hydroxylation is 1. The number of nitrogens with zero attached hydrogens (tertiary/aromatic N) is 3. The third-order valence-corrected chi connectivity index (χ3v) is 8.15. The van der Waals surface area contributed by atoms with Crippen LogP contribution in [0.5, 0.6) is 17.2 Å². The van der Waals surface area contributed by atoms with Crippen LogP contribution in [-0.2, 0) is 17.8 Å². The van der Waals surface area contributed by atoms with Gasteiger partial charge in [-0.1, -0.05) is 18.2 Å². The lowest BCUT2D eigenvalue weighted by Crippen LogP contribution is -2.36. The van der Waals surface area contributed by atoms with E-state index < -0.39 is 0 Å². The highest BCUT2D eigenvalue weighted by Gasteiger charge is 2.21. The predicted molar refractivity (Wildman–Crippen MR) is 178 cm³/mol. The van der Waals surface area contributed by atoms with Crippen molar-refractivity contribution in [1.82, 2.24) is 10.2 Å². The van der Waals surface area contributed by atoms with Crippen LogP contribution in [0.3, 0.4) is 0 Å². The summed E-state index contributed by atoms with van der Waals surface area (Å²) in [4.78, 5) is 15.6. The lowest BCUT2D eigenvalue weighted by molar-refractivity contribution is 0.102. The van der Waals surface area contributed by atoms with E-state index in [1.807, 2.05) is 60.7 Å². The molecule has 1 aromatic heterocycles. The molecule has 47 heavy (non-hydrogen) atoms. The highest BCUT2D eigenvalue weighted by Crippen LogP contribution is 2.38. The smallest absolute Gasteiger partial charge is 0.257 e. The van der Waals surface area contributed by atoms with Crippen LogP contribution in [0.2, 0.25) is 0 Å². The number of methoxy groups -OCH3 is 1. The molecule has 11 nitrogen and oxygen atoms in total. The Bertz CT molecular complexity index is 1880. The molecule has 0 spiro atoms. The Kier molecular flexibility index (Phi) is 8.61. The van der Waals surface area contributed by atoms with Crippen LogP contribution in [0, 0.1) is 6.92 Å². The van der Waals surface area contributed by atoms with E-state index in [1.54, 1.807) is 14.0 Å². The van der Waals surface area contributed by atoms with Gasteiger partial charge in [0, 0.05) is 32.1 Å². The second kappa shape index (κ2) is 13.4. The monoisotopic (exact) mass is 633 g/mol. The van der Waals surface area contributed by atoms with Crippen LogP contribution in [0.15, 0.2) is 83.3 Å². The van der Waals surface area contributed by atoms with Crippen molar-refractivity contribution in [3.05, 3.63) is 102 Å². The van der Waals surface area contributed by atoms with Crippen molar-refractivity contribution >= 4 is 28.7 Å². The van der Waals surface area contributed by atoms with Gasteiger partial charge in [-0.2, -0.15) is 0 Å². The first-order chi connectivity index (χ1) is 23.0. The standard InChI is InChI=1S/C36H35N5O6/c1-23-39-40-35(47-23)22-46-33-12-5-26(21-34(33)43-2)25-4-10-29-31(20-25)37-30-11-3-24(19-32(30)38-36(29)42)13-16-45-28-8-6-27(7-9-28)41-14-17-44-18-15-41/h3-12,19-21,37H,13-18,22H2,1-2H3,(H,38,42). The molecule has 1 saturated heterocycles. The fraction of sp³-hybridized carbons (Fsp3) is 0.250. The van der Waals surface area contributed by atoms with Crippen LogP contribution >= 0.6 is 0 Å². The minimum atomic E-state index is -0.177. The van der Waals surface area contributed by atoms with E-state index >= 15 is 0 Å². The maximum Gasteiger partial charge on any atom is 0.257 e. The van der Waals surface area contributed by atoms with E-state index in [1.165, 1.54) is 5.69 Å². The predicted octanol–water partition coefficient (Wildman–Crippen LogP) is 6.40. The Morgan fingerprint density at radius 1 is 0.809 bits per heavy atom. The normalized spacial score (nSPS) is 13.9. The Morgan fingerprint density at radius 2 is 1.62 bits per heavy atom. The zero-order valence-electron chi connectivity index (χ0n) is 26.2. The summed E-state index contributed by atoms with van der Waals surface area (Å²) in [5.74, 6) is 2.63. The molecule has 3 heterocycles. The van der Waals surface area contributed by atoms with Gasteiger partial charge in [0.05, 0.1) is 49.6 Å². The molecule has 1 amide bonds. The first-order valence-corrected chi connectivity index (χ1v) is 15.5. The highest BCUT2D eigenvalue weighted by atomic mass is 16.5. The number of ether oxygens (including phenoxy) is 4. The van der Waals surface area contributed by atoms with Crippen molar-refractivity contribution in [2.45, 2.75) is 20.0 Å². The largest absolute Gasteiger partial charge is 0.493 e. The molecule has 0 unspecified atom stereocenters. The SMILES string of the molecule is COc1cc(-c2ccc3c(c2)Nc2ccc(CCOc4ccc(N5CCOCC5)cc4)cc2NC3=O)ccc1OCc1nnc(C)o1. The molecule has 2 aliphatic heterocycles. The zero-order valence-corrected chi connectivity index (χ0v) is 26.2. The van der Waals surface area contributed by atoms with Crippen molar-refractivity contribution in [3.8, 4) is 28.4 Å². The molecule has 0 bridgehead atoms. The summed E-state index contributed by atoms with van der Waals surface area (Å²) in [6.07, 6.45) is 0.696. The zero-order chi connectivity index (χ0) is 32.2. The number of benzene rings is 4. The lowest BCUT2D eigenvalue weighted by atomic mass is 10.0. The number of fused-ring (bicyclic) bond motifs is 2. The Morgan fingerprint density at radius 3 is 2.40 bits per heavy atom. The van der Waals surface area contributed by atoms with Crippen LogP contribution in [-0.4, -0.2) is 56.1 Å². The molecule has 0 aliphatic carbocycles. The number of aromatic nitrogens is 2. The summed E-state index contributed by atoms with van der Waals surface area (Å²) in [6.45, 7) is 5.70. The lowest BCUT2D eigenvalue weighted by Gasteiger charge is -2.28. The number of rotatable bonds is 10. The molecule has 5 aromatic rings. The molecule has 1 fully saturated rings. The number of amides is 1. The molecule has 240 valence electrons. The van der Waals surface area contributed by atoms with Gasteiger partial charge in [0.2, 0.25) is 5.89 Å². The fourth-order valence-electron chi connectivity index (χ4n) is 5.68. The summed E-state index contributed by atoms with van der Waals surface area (Å²) >= 11 is 0. The van der Waals surface area contributed by atoms with Gasteiger partial charge in [-0.05, 0) is 77.4 Å². The molecule has 7 rings (SSSR count).